The number of nitrogens with one attached hydrogen (secondary N) is 3. The van der Waals surface area contributed by atoms with Crippen LogP contribution in [0, 0.1) is 5.82 Å². The highest BCUT2D eigenvalue weighted by Crippen LogP contribution is 2.27. The maximum Gasteiger partial charge on any atom is 0.315 e. The van der Waals surface area contributed by atoms with Crippen LogP contribution in [0.15, 0.2) is 48.5 Å². The van der Waals surface area contributed by atoms with Crippen molar-refractivity contribution in [1.82, 2.24) is 20.2 Å². The molecule has 0 bridgehead atoms. The highest BCUT2D eigenvalue weighted by molar-refractivity contribution is 5.94. The lowest BCUT2D eigenvalue weighted by Gasteiger charge is -2.24. The molecule has 29 heavy (non-hydrogen) atoms. The van der Waals surface area contributed by atoms with Gasteiger partial charge in [0.2, 0.25) is 11.9 Å². The van der Waals surface area contributed by atoms with Gasteiger partial charge in [-0.1, -0.05) is 24.3 Å². The standard InChI is InChI=1S/C21H24FN5O2/c1-21(2,3)27-17-7-5-4-6-16(17)25-19(27)26-18(28)13-24-20(29)23-12-14-8-10-15(22)11-9-14/h4-11H,12-13H2,1-3H3,(H2,23,24,29)(H,25,26,28). The number of rotatable bonds is 5. The van der Waals surface area contributed by atoms with Gasteiger partial charge in [-0.2, -0.15) is 0 Å². The molecule has 0 fully saturated rings. The second-order valence-corrected chi connectivity index (χ2v) is 7.64. The number of imidazole rings is 1. The maximum absolute atomic E-state index is 12.9. The summed E-state index contributed by atoms with van der Waals surface area (Å²) in [4.78, 5) is 28.7. The smallest absolute Gasteiger partial charge is 0.315 e. The second kappa shape index (κ2) is 8.30. The summed E-state index contributed by atoms with van der Waals surface area (Å²) in [6.45, 7) is 6.10. The molecule has 0 saturated heterocycles. The Bertz CT molecular complexity index is 1020. The van der Waals surface area contributed by atoms with Crippen LogP contribution in [-0.4, -0.2) is 28.0 Å². The Morgan fingerprint density at radius 2 is 1.72 bits per heavy atom. The summed E-state index contributed by atoms with van der Waals surface area (Å²) >= 11 is 0. The normalized spacial score (nSPS) is 11.3. The molecule has 3 amide bonds. The largest absolute Gasteiger partial charge is 0.334 e. The second-order valence-electron chi connectivity index (χ2n) is 7.64. The SMILES string of the molecule is CC(C)(C)n1c(NC(=O)CNC(=O)NCc2ccc(F)cc2)nc2ccccc21. The zero-order chi connectivity index (χ0) is 21.0. The van der Waals surface area contributed by atoms with Crippen molar-refractivity contribution in [3.63, 3.8) is 0 Å². The molecule has 7 nitrogen and oxygen atoms in total. The van der Waals surface area contributed by atoms with E-state index in [0.29, 0.717) is 5.95 Å². The van der Waals surface area contributed by atoms with Crippen LogP contribution in [0.25, 0.3) is 11.0 Å². The van der Waals surface area contributed by atoms with Crippen LogP contribution in [0.4, 0.5) is 15.1 Å². The van der Waals surface area contributed by atoms with Crippen molar-refractivity contribution in [2.45, 2.75) is 32.9 Å². The van der Waals surface area contributed by atoms with Gasteiger partial charge >= 0.3 is 6.03 Å². The van der Waals surface area contributed by atoms with Gasteiger partial charge in [0.1, 0.15) is 5.82 Å². The van der Waals surface area contributed by atoms with Crippen LogP contribution >= 0.6 is 0 Å². The minimum absolute atomic E-state index is 0.206. The van der Waals surface area contributed by atoms with Crippen LogP contribution in [0.2, 0.25) is 0 Å². The molecular weight excluding hydrogens is 373 g/mol. The van der Waals surface area contributed by atoms with Crippen molar-refractivity contribution in [1.29, 1.82) is 0 Å². The number of urea groups is 1. The number of hydrogen-bond acceptors (Lipinski definition) is 3. The van der Waals surface area contributed by atoms with Gasteiger partial charge in [-0.3, -0.25) is 10.1 Å². The zero-order valence-corrected chi connectivity index (χ0v) is 16.6. The predicted molar refractivity (Wildman–Crippen MR) is 110 cm³/mol. The number of amides is 3. The van der Waals surface area contributed by atoms with Gasteiger partial charge in [0.05, 0.1) is 17.6 Å². The number of carbonyl (C=O) groups is 2. The molecule has 3 rings (SSSR count). The molecule has 0 saturated carbocycles. The molecule has 152 valence electrons. The molecule has 0 aliphatic carbocycles. The van der Waals surface area contributed by atoms with Gasteiger partial charge in [-0.15, -0.1) is 0 Å². The lowest BCUT2D eigenvalue weighted by molar-refractivity contribution is -0.115. The van der Waals surface area contributed by atoms with Gasteiger partial charge in [0.25, 0.3) is 0 Å². The van der Waals surface area contributed by atoms with E-state index in [1.807, 2.05) is 49.6 Å². The number of fused-ring (bicyclic) bond motifs is 1. The highest BCUT2D eigenvalue weighted by Gasteiger charge is 2.22. The number of anilines is 1. The monoisotopic (exact) mass is 397 g/mol. The van der Waals surface area contributed by atoms with Gasteiger partial charge < -0.3 is 15.2 Å². The fraction of sp³-hybridized carbons (Fsp3) is 0.286. The molecule has 0 unspecified atom stereocenters. The predicted octanol–water partition coefficient (Wildman–Crippen LogP) is 3.37. The number of hydrogen-bond donors (Lipinski definition) is 3. The Morgan fingerprint density at radius 1 is 1.03 bits per heavy atom. The van der Waals surface area contributed by atoms with E-state index in [0.717, 1.165) is 16.6 Å². The molecule has 0 aliphatic heterocycles. The van der Waals surface area contributed by atoms with E-state index in [1.165, 1.54) is 12.1 Å². The third-order valence-electron chi connectivity index (χ3n) is 4.26. The Labute approximate surface area is 168 Å². The number of benzene rings is 2. The first-order valence-electron chi connectivity index (χ1n) is 9.28. The van der Waals surface area contributed by atoms with Crippen molar-refractivity contribution in [3.8, 4) is 0 Å². The van der Waals surface area contributed by atoms with E-state index in [1.54, 1.807) is 12.1 Å². The topological polar surface area (TPSA) is 88.0 Å². The first-order chi connectivity index (χ1) is 13.7. The minimum atomic E-state index is -0.492. The number of aromatic nitrogens is 2. The molecule has 0 spiro atoms. The Morgan fingerprint density at radius 3 is 2.41 bits per heavy atom. The molecule has 8 heteroatoms. The number of halogens is 1. The number of para-hydroxylation sites is 2. The molecule has 0 atom stereocenters. The quantitative estimate of drug-likeness (QED) is 0.617. The average Bonchev–Trinajstić information content (AvgIpc) is 3.04. The molecule has 1 heterocycles. The van der Waals surface area contributed by atoms with Crippen molar-refractivity contribution in [2.75, 3.05) is 11.9 Å². The van der Waals surface area contributed by atoms with Gasteiger partial charge in [0.15, 0.2) is 0 Å². The summed E-state index contributed by atoms with van der Waals surface area (Å²) < 4.78 is 14.8. The summed E-state index contributed by atoms with van der Waals surface area (Å²) in [5.41, 5.74) is 2.16. The lowest BCUT2D eigenvalue weighted by Crippen LogP contribution is -2.40. The first-order valence-corrected chi connectivity index (χ1v) is 9.28. The Hall–Kier alpha value is -3.42. The highest BCUT2D eigenvalue weighted by atomic mass is 19.1. The van der Waals surface area contributed by atoms with Crippen molar-refractivity contribution < 1.29 is 14.0 Å². The molecule has 0 radical (unpaired) electrons. The van der Waals surface area contributed by atoms with Crippen LogP contribution < -0.4 is 16.0 Å². The van der Waals surface area contributed by atoms with E-state index >= 15 is 0 Å². The van der Waals surface area contributed by atoms with Gasteiger partial charge in [-0.05, 0) is 50.6 Å². The molecule has 1 aromatic heterocycles. The summed E-state index contributed by atoms with van der Waals surface area (Å²) in [5, 5.41) is 7.90. The lowest BCUT2D eigenvalue weighted by atomic mass is 10.1. The van der Waals surface area contributed by atoms with E-state index in [4.69, 9.17) is 0 Å². The van der Waals surface area contributed by atoms with E-state index in [2.05, 4.69) is 20.9 Å². The Kier molecular flexibility index (Phi) is 5.81. The van der Waals surface area contributed by atoms with Crippen LogP contribution in [0.3, 0.4) is 0 Å². The third-order valence-corrected chi connectivity index (χ3v) is 4.26. The van der Waals surface area contributed by atoms with Crippen LogP contribution in [0.1, 0.15) is 26.3 Å². The molecule has 3 aromatic rings. The summed E-state index contributed by atoms with van der Waals surface area (Å²) in [5.74, 6) is -0.295. The van der Waals surface area contributed by atoms with E-state index in [9.17, 15) is 14.0 Å². The molecule has 0 aliphatic rings. The molecular formula is C21H24FN5O2. The summed E-state index contributed by atoms with van der Waals surface area (Å²) in [6, 6.07) is 13.0. The van der Waals surface area contributed by atoms with Gasteiger partial charge in [0, 0.05) is 12.1 Å². The number of nitrogens with zero attached hydrogens (tertiary/aromatic N) is 2. The Balaban J connectivity index is 1.58. The fourth-order valence-electron chi connectivity index (χ4n) is 2.97. The maximum atomic E-state index is 12.9. The van der Waals surface area contributed by atoms with Gasteiger partial charge in [-0.25, -0.2) is 14.2 Å². The number of carbonyl (C=O) groups excluding carboxylic acids is 2. The third kappa shape index (κ3) is 5.10. The van der Waals surface area contributed by atoms with Crippen LogP contribution in [0.5, 0.6) is 0 Å². The zero-order valence-electron chi connectivity index (χ0n) is 16.6. The van der Waals surface area contributed by atoms with E-state index < -0.39 is 6.03 Å². The average molecular weight is 397 g/mol. The van der Waals surface area contributed by atoms with Crippen molar-refractivity contribution in [2.24, 2.45) is 0 Å². The minimum Gasteiger partial charge on any atom is -0.334 e. The summed E-state index contributed by atoms with van der Waals surface area (Å²) in [7, 11) is 0. The van der Waals surface area contributed by atoms with Crippen molar-refractivity contribution in [3.05, 3.63) is 59.9 Å². The summed E-state index contributed by atoms with van der Waals surface area (Å²) in [6.07, 6.45) is 0. The van der Waals surface area contributed by atoms with E-state index in [-0.39, 0.29) is 30.4 Å². The first kappa shape index (κ1) is 20.3. The fourth-order valence-corrected chi connectivity index (χ4v) is 2.97. The molecule has 3 N–H and O–H groups in total. The van der Waals surface area contributed by atoms with Crippen molar-refractivity contribution >= 4 is 28.9 Å². The van der Waals surface area contributed by atoms with Crippen LogP contribution in [-0.2, 0) is 16.9 Å². The molecule has 2 aromatic carbocycles.